The van der Waals surface area contributed by atoms with E-state index in [9.17, 15) is 32.0 Å². The van der Waals surface area contributed by atoms with Gasteiger partial charge in [-0.1, -0.05) is 30.3 Å². The molecule has 216 valence electrons. The van der Waals surface area contributed by atoms with Gasteiger partial charge in [-0.25, -0.2) is 12.8 Å². The number of aromatic nitrogens is 1. The summed E-state index contributed by atoms with van der Waals surface area (Å²) >= 11 is 0. The molecule has 0 spiro atoms. The van der Waals surface area contributed by atoms with Gasteiger partial charge in [0.05, 0.1) is 11.8 Å². The van der Waals surface area contributed by atoms with E-state index < -0.39 is 50.7 Å². The van der Waals surface area contributed by atoms with Crippen molar-refractivity contribution in [3.63, 3.8) is 0 Å². The molecule has 1 saturated carbocycles. The first kappa shape index (κ1) is 28.7. The number of alkyl halides is 1. The topological polar surface area (TPSA) is 123 Å². The van der Waals surface area contributed by atoms with Gasteiger partial charge in [-0.15, -0.1) is 0 Å². The van der Waals surface area contributed by atoms with Crippen LogP contribution in [0.25, 0.3) is 10.9 Å². The molecule has 2 fully saturated rings. The van der Waals surface area contributed by atoms with Gasteiger partial charge in [0.15, 0.2) is 21.4 Å². The zero-order valence-electron chi connectivity index (χ0n) is 22.7. The first-order valence-electron chi connectivity index (χ1n) is 13.7. The van der Waals surface area contributed by atoms with Gasteiger partial charge in [0, 0.05) is 41.2 Å². The molecular weight excluding hydrogens is 549 g/mol. The van der Waals surface area contributed by atoms with Crippen LogP contribution < -0.4 is 5.32 Å². The van der Waals surface area contributed by atoms with Gasteiger partial charge in [0.2, 0.25) is 11.8 Å². The second-order valence-corrected chi connectivity index (χ2v) is 13.1. The van der Waals surface area contributed by atoms with E-state index in [1.807, 2.05) is 30.3 Å². The van der Waals surface area contributed by atoms with E-state index in [2.05, 4.69) is 5.32 Å². The Balaban J connectivity index is 1.31. The smallest absolute Gasteiger partial charge is 0.243 e. The fraction of sp³-hybridized carbons (Fsp3) is 0.400. The molecule has 2 aromatic carbocycles. The second-order valence-electron chi connectivity index (χ2n) is 10.8. The third-order valence-corrected chi connectivity index (χ3v) is 9.83. The van der Waals surface area contributed by atoms with Crippen LogP contribution in [0.5, 0.6) is 0 Å². The molecule has 11 heteroatoms. The number of halogens is 1. The van der Waals surface area contributed by atoms with Gasteiger partial charge in [0.1, 0.15) is 24.5 Å². The van der Waals surface area contributed by atoms with Crippen molar-refractivity contribution in [2.75, 3.05) is 18.8 Å². The summed E-state index contributed by atoms with van der Waals surface area (Å²) in [4.78, 5) is 52.7. The summed E-state index contributed by atoms with van der Waals surface area (Å²) in [6.07, 6.45) is 1.80. The van der Waals surface area contributed by atoms with E-state index in [4.69, 9.17) is 0 Å². The number of hydrogen-bond acceptors (Lipinski definition) is 6. The quantitative estimate of drug-likeness (QED) is 0.348. The van der Waals surface area contributed by atoms with Crippen LogP contribution in [-0.4, -0.2) is 77.6 Å². The number of rotatable bonds is 11. The average molecular weight is 582 g/mol. The number of hydrogen-bond donors (Lipinski definition) is 1. The Morgan fingerprint density at radius 3 is 2.46 bits per heavy atom. The summed E-state index contributed by atoms with van der Waals surface area (Å²) in [5.41, 5.74) is 1.98. The highest BCUT2D eigenvalue weighted by atomic mass is 32.2. The van der Waals surface area contributed by atoms with Gasteiger partial charge >= 0.3 is 0 Å². The molecule has 0 radical (unpaired) electrons. The van der Waals surface area contributed by atoms with Gasteiger partial charge in [0.25, 0.3) is 0 Å². The molecule has 3 aromatic rings. The Labute approximate surface area is 237 Å². The van der Waals surface area contributed by atoms with Crippen LogP contribution in [0.2, 0.25) is 0 Å². The fourth-order valence-corrected chi connectivity index (χ4v) is 6.95. The number of sulfone groups is 1. The summed E-state index contributed by atoms with van der Waals surface area (Å²) in [6.45, 7) is 1.26. The zero-order valence-corrected chi connectivity index (χ0v) is 23.5. The van der Waals surface area contributed by atoms with Crippen molar-refractivity contribution in [3.05, 3.63) is 71.4 Å². The molecule has 2 heterocycles. The molecule has 2 aliphatic rings. The lowest BCUT2D eigenvalue weighted by Crippen LogP contribution is -2.47. The highest BCUT2D eigenvalue weighted by molar-refractivity contribution is 7.93. The fourth-order valence-electron chi connectivity index (χ4n) is 5.33. The van der Waals surface area contributed by atoms with Gasteiger partial charge in [-0.3, -0.25) is 19.2 Å². The number of Topliss-reactive ketones (excluding diaryl/α,β-unsaturated/α-hetero) is 2. The molecule has 5 rings (SSSR count). The van der Waals surface area contributed by atoms with Gasteiger partial charge < -0.3 is 14.8 Å². The number of benzene rings is 2. The van der Waals surface area contributed by atoms with Crippen molar-refractivity contribution in [2.24, 2.45) is 0 Å². The van der Waals surface area contributed by atoms with Crippen molar-refractivity contribution in [2.45, 2.75) is 56.6 Å². The monoisotopic (exact) mass is 581 g/mol. The van der Waals surface area contributed by atoms with Gasteiger partial charge in [-0.05, 0) is 49.9 Å². The first-order valence-corrected chi connectivity index (χ1v) is 15.4. The predicted molar refractivity (Wildman–Crippen MR) is 151 cm³/mol. The standard InChI is InChI=1S/C30H32FN3O6S/c1-19(35)25-16-33(26-10-7-21(13-24(25)26)28(36)18-41(39,40)23-8-9-23)17-29(37)34-15-22(31)14-27(34)30(38)32-12-11-20-5-3-2-4-6-20/h2-7,10,13,16,22-23,27H,8-9,11-12,14-15,17-18H2,1H3,(H,32,38)/t22-,27+/m1/s1. The summed E-state index contributed by atoms with van der Waals surface area (Å²) in [7, 11) is -3.51. The molecule has 2 atom stereocenters. The molecule has 1 aromatic heterocycles. The summed E-state index contributed by atoms with van der Waals surface area (Å²) < 4.78 is 40.6. The lowest BCUT2D eigenvalue weighted by atomic mass is 10.1. The predicted octanol–water partition coefficient (Wildman–Crippen LogP) is 2.90. The Kier molecular flexibility index (Phi) is 8.08. The molecule has 9 nitrogen and oxygen atoms in total. The minimum atomic E-state index is -3.51. The number of nitrogens with zero attached hydrogens (tertiary/aromatic N) is 2. The number of carbonyl (C=O) groups is 4. The Bertz CT molecular complexity index is 1610. The number of ketones is 2. The van der Waals surface area contributed by atoms with Gasteiger partial charge in [-0.2, -0.15) is 0 Å². The van der Waals surface area contributed by atoms with Crippen LogP contribution in [0.1, 0.15) is 52.5 Å². The SMILES string of the molecule is CC(=O)c1cn(CC(=O)N2C[C@H](F)C[C@H]2C(=O)NCCc2ccccc2)c2ccc(C(=O)CS(=O)(=O)C3CC3)cc12. The summed E-state index contributed by atoms with van der Waals surface area (Å²) in [6, 6.07) is 13.2. The van der Waals surface area contributed by atoms with E-state index in [1.54, 1.807) is 10.6 Å². The highest BCUT2D eigenvalue weighted by Crippen LogP contribution is 2.30. The molecular formula is C30H32FN3O6S. The molecule has 1 aliphatic carbocycles. The van der Waals surface area contributed by atoms with E-state index in [1.165, 1.54) is 30.2 Å². The molecule has 2 amide bonds. The van der Waals surface area contributed by atoms with Crippen LogP contribution in [0.4, 0.5) is 4.39 Å². The molecule has 1 saturated heterocycles. The third-order valence-electron chi connectivity index (χ3n) is 7.68. The van der Waals surface area contributed by atoms with Crippen LogP contribution in [-0.2, 0) is 32.4 Å². The Hall–Kier alpha value is -3.86. The maximum absolute atomic E-state index is 14.4. The first-order chi connectivity index (χ1) is 19.5. The highest BCUT2D eigenvalue weighted by Gasteiger charge is 2.40. The zero-order chi connectivity index (χ0) is 29.3. The largest absolute Gasteiger partial charge is 0.354 e. The van der Waals surface area contributed by atoms with E-state index in [0.29, 0.717) is 36.7 Å². The van der Waals surface area contributed by atoms with E-state index >= 15 is 0 Å². The third kappa shape index (κ3) is 6.40. The normalized spacial score (nSPS) is 18.9. The molecule has 41 heavy (non-hydrogen) atoms. The lowest BCUT2D eigenvalue weighted by molar-refractivity contribution is -0.138. The van der Waals surface area contributed by atoms with Crippen molar-refractivity contribution in [1.82, 2.24) is 14.8 Å². The number of fused-ring (bicyclic) bond motifs is 1. The molecule has 1 aliphatic heterocycles. The Morgan fingerprint density at radius 1 is 1.05 bits per heavy atom. The van der Waals surface area contributed by atoms with Crippen LogP contribution in [0.15, 0.2) is 54.7 Å². The second kappa shape index (κ2) is 11.6. The number of carbonyl (C=O) groups excluding carboxylic acids is 4. The number of amides is 2. The van der Waals surface area contributed by atoms with E-state index in [-0.39, 0.29) is 36.4 Å². The van der Waals surface area contributed by atoms with Crippen LogP contribution in [0, 0.1) is 0 Å². The summed E-state index contributed by atoms with van der Waals surface area (Å²) in [5.74, 6) is -2.33. The minimum absolute atomic E-state index is 0.0940. The molecule has 1 N–H and O–H groups in total. The molecule has 0 bridgehead atoms. The Morgan fingerprint density at radius 2 is 1.78 bits per heavy atom. The maximum atomic E-state index is 14.4. The van der Waals surface area contributed by atoms with Crippen molar-refractivity contribution in [3.8, 4) is 0 Å². The average Bonchev–Trinajstić information content (AvgIpc) is 3.65. The minimum Gasteiger partial charge on any atom is -0.354 e. The van der Waals surface area contributed by atoms with Crippen molar-refractivity contribution < 1.29 is 32.0 Å². The van der Waals surface area contributed by atoms with Crippen molar-refractivity contribution >= 4 is 44.1 Å². The number of nitrogens with one attached hydrogen (secondary N) is 1. The molecule has 0 unspecified atom stereocenters. The maximum Gasteiger partial charge on any atom is 0.243 e. The van der Waals surface area contributed by atoms with E-state index in [0.717, 1.165) is 5.56 Å². The van der Waals surface area contributed by atoms with Crippen LogP contribution in [0.3, 0.4) is 0 Å². The lowest BCUT2D eigenvalue weighted by Gasteiger charge is -2.24. The van der Waals surface area contributed by atoms with Crippen molar-refractivity contribution in [1.29, 1.82) is 0 Å². The van der Waals surface area contributed by atoms with Crippen LogP contribution >= 0.6 is 0 Å². The summed E-state index contributed by atoms with van der Waals surface area (Å²) in [5, 5.41) is 2.77. The number of likely N-dealkylation sites (tertiary alicyclic amines) is 1.